The van der Waals surface area contributed by atoms with Gasteiger partial charge in [0, 0.05) is 23.7 Å². The third-order valence-electron chi connectivity index (χ3n) is 3.44. The van der Waals surface area contributed by atoms with Crippen LogP contribution in [0.2, 0.25) is 0 Å². The summed E-state index contributed by atoms with van der Waals surface area (Å²) in [5.41, 5.74) is 1.21. The zero-order chi connectivity index (χ0) is 14.5. The van der Waals surface area contributed by atoms with E-state index in [1.54, 1.807) is 6.26 Å². The van der Waals surface area contributed by atoms with Crippen molar-refractivity contribution in [3.63, 3.8) is 0 Å². The normalized spacial score (nSPS) is 12.6. The molecule has 4 nitrogen and oxygen atoms in total. The van der Waals surface area contributed by atoms with Crippen LogP contribution >= 0.6 is 0 Å². The molecule has 1 aromatic rings. The zero-order valence-electron chi connectivity index (χ0n) is 13.1. The van der Waals surface area contributed by atoms with E-state index in [9.17, 15) is 0 Å². The van der Waals surface area contributed by atoms with Crippen LogP contribution in [0.4, 0.5) is 0 Å². The molecule has 0 fully saturated rings. The standard InChI is InChI=1S/C15H28N2O2/c1-12(2)16-9-13-7-8-19-14(13)10-18-11-15(3,4)17(5)6/h7-8,12,16H,9-11H2,1-6H3. The van der Waals surface area contributed by atoms with Crippen molar-refractivity contribution < 1.29 is 9.15 Å². The molecule has 0 spiro atoms. The SMILES string of the molecule is CC(C)NCc1ccoc1COCC(C)(C)N(C)C. The van der Waals surface area contributed by atoms with E-state index in [4.69, 9.17) is 9.15 Å². The Balaban J connectivity index is 2.43. The van der Waals surface area contributed by atoms with E-state index in [0.717, 1.165) is 12.3 Å². The Kier molecular flexibility index (Phi) is 6.04. The highest BCUT2D eigenvalue weighted by atomic mass is 16.5. The molecule has 1 rings (SSSR count). The molecular formula is C15H28N2O2. The molecule has 0 radical (unpaired) electrons. The van der Waals surface area contributed by atoms with Gasteiger partial charge in [-0.05, 0) is 34.0 Å². The summed E-state index contributed by atoms with van der Waals surface area (Å²) in [6, 6.07) is 2.47. The van der Waals surface area contributed by atoms with Crippen LogP contribution in [0.1, 0.15) is 39.0 Å². The molecule has 19 heavy (non-hydrogen) atoms. The first-order valence-corrected chi connectivity index (χ1v) is 6.86. The highest BCUT2D eigenvalue weighted by molar-refractivity contribution is 5.16. The maximum absolute atomic E-state index is 5.79. The van der Waals surface area contributed by atoms with Gasteiger partial charge < -0.3 is 19.4 Å². The lowest BCUT2D eigenvalue weighted by Gasteiger charge is -2.32. The summed E-state index contributed by atoms with van der Waals surface area (Å²) in [5.74, 6) is 0.919. The number of ether oxygens (including phenoxy) is 1. The minimum atomic E-state index is 0.0307. The molecule has 0 bridgehead atoms. The fraction of sp³-hybridized carbons (Fsp3) is 0.733. The second-order valence-electron chi connectivity index (χ2n) is 6.10. The summed E-state index contributed by atoms with van der Waals surface area (Å²) in [5, 5.41) is 3.39. The Hall–Kier alpha value is -0.840. The average Bonchev–Trinajstić information content (AvgIpc) is 2.73. The van der Waals surface area contributed by atoms with E-state index in [-0.39, 0.29) is 5.54 Å². The zero-order valence-corrected chi connectivity index (χ0v) is 13.1. The Labute approximate surface area is 117 Å². The van der Waals surface area contributed by atoms with Gasteiger partial charge in [-0.15, -0.1) is 0 Å². The third kappa shape index (κ3) is 5.35. The fourth-order valence-electron chi connectivity index (χ4n) is 1.49. The number of rotatable bonds is 8. The molecule has 0 aliphatic carbocycles. The van der Waals surface area contributed by atoms with Crippen LogP contribution in [-0.2, 0) is 17.9 Å². The molecule has 110 valence electrons. The predicted octanol–water partition coefficient (Wildman–Crippen LogP) is 2.63. The van der Waals surface area contributed by atoms with Crippen molar-refractivity contribution in [3.05, 3.63) is 23.7 Å². The number of nitrogens with one attached hydrogen (secondary N) is 1. The van der Waals surface area contributed by atoms with Crippen molar-refractivity contribution >= 4 is 0 Å². The highest BCUT2D eigenvalue weighted by Gasteiger charge is 2.21. The summed E-state index contributed by atoms with van der Waals surface area (Å²) in [6.07, 6.45) is 1.73. The third-order valence-corrected chi connectivity index (χ3v) is 3.44. The molecule has 0 aliphatic heterocycles. The Morgan fingerprint density at radius 1 is 1.37 bits per heavy atom. The van der Waals surface area contributed by atoms with Crippen LogP contribution in [-0.4, -0.2) is 37.2 Å². The molecule has 0 unspecified atom stereocenters. The average molecular weight is 268 g/mol. The second-order valence-corrected chi connectivity index (χ2v) is 6.10. The van der Waals surface area contributed by atoms with Gasteiger partial charge in [0.1, 0.15) is 12.4 Å². The van der Waals surface area contributed by atoms with E-state index in [2.05, 4.69) is 52.0 Å². The van der Waals surface area contributed by atoms with Gasteiger partial charge in [-0.2, -0.15) is 0 Å². The topological polar surface area (TPSA) is 37.6 Å². The summed E-state index contributed by atoms with van der Waals surface area (Å²) in [4.78, 5) is 2.16. The largest absolute Gasteiger partial charge is 0.467 e. The van der Waals surface area contributed by atoms with E-state index >= 15 is 0 Å². The van der Waals surface area contributed by atoms with Crippen molar-refractivity contribution in [1.82, 2.24) is 10.2 Å². The maximum Gasteiger partial charge on any atom is 0.133 e. The first-order chi connectivity index (χ1) is 8.83. The molecule has 1 N–H and O–H groups in total. The summed E-state index contributed by atoms with van der Waals surface area (Å²) in [7, 11) is 4.13. The Bertz CT molecular complexity index is 370. The first kappa shape index (κ1) is 16.2. The summed E-state index contributed by atoms with van der Waals surface area (Å²) < 4.78 is 11.3. The molecule has 0 saturated carbocycles. The summed E-state index contributed by atoms with van der Waals surface area (Å²) >= 11 is 0. The molecule has 0 atom stereocenters. The van der Waals surface area contributed by atoms with Crippen LogP contribution in [0.3, 0.4) is 0 Å². The number of likely N-dealkylation sites (N-methyl/N-ethyl adjacent to an activating group) is 1. The number of furan rings is 1. The van der Waals surface area contributed by atoms with E-state index in [1.165, 1.54) is 5.56 Å². The molecule has 0 aliphatic rings. The molecule has 1 aromatic heterocycles. The van der Waals surface area contributed by atoms with Gasteiger partial charge in [0.05, 0.1) is 12.9 Å². The lowest BCUT2D eigenvalue weighted by molar-refractivity contribution is 0.0205. The van der Waals surface area contributed by atoms with Gasteiger partial charge in [0.15, 0.2) is 0 Å². The Morgan fingerprint density at radius 3 is 2.63 bits per heavy atom. The van der Waals surface area contributed by atoms with E-state index in [1.807, 2.05) is 6.07 Å². The van der Waals surface area contributed by atoms with Crippen molar-refractivity contribution in [2.75, 3.05) is 20.7 Å². The smallest absolute Gasteiger partial charge is 0.133 e. The van der Waals surface area contributed by atoms with Gasteiger partial charge in [0.2, 0.25) is 0 Å². The minimum absolute atomic E-state index is 0.0307. The van der Waals surface area contributed by atoms with Gasteiger partial charge >= 0.3 is 0 Å². The lowest BCUT2D eigenvalue weighted by atomic mass is 10.1. The van der Waals surface area contributed by atoms with Crippen LogP contribution in [0.5, 0.6) is 0 Å². The highest BCUT2D eigenvalue weighted by Crippen LogP contribution is 2.15. The quantitative estimate of drug-likeness (QED) is 0.786. The van der Waals surface area contributed by atoms with Crippen LogP contribution in [0.15, 0.2) is 16.7 Å². The van der Waals surface area contributed by atoms with Gasteiger partial charge in [-0.1, -0.05) is 13.8 Å². The number of nitrogens with zero attached hydrogens (tertiary/aromatic N) is 1. The van der Waals surface area contributed by atoms with Gasteiger partial charge in [0.25, 0.3) is 0 Å². The molecule has 1 heterocycles. The maximum atomic E-state index is 5.79. The monoisotopic (exact) mass is 268 g/mol. The second kappa shape index (κ2) is 7.08. The van der Waals surface area contributed by atoms with E-state index < -0.39 is 0 Å². The van der Waals surface area contributed by atoms with Crippen LogP contribution < -0.4 is 5.32 Å². The summed E-state index contributed by atoms with van der Waals surface area (Å²) in [6.45, 7) is 10.6. The van der Waals surface area contributed by atoms with Crippen LogP contribution in [0.25, 0.3) is 0 Å². The van der Waals surface area contributed by atoms with Gasteiger partial charge in [-0.3, -0.25) is 0 Å². The number of hydrogen-bond acceptors (Lipinski definition) is 4. The van der Waals surface area contributed by atoms with Crippen molar-refractivity contribution in [2.24, 2.45) is 0 Å². The van der Waals surface area contributed by atoms with Crippen LogP contribution in [0, 0.1) is 0 Å². The van der Waals surface area contributed by atoms with Crippen molar-refractivity contribution in [2.45, 2.75) is 52.4 Å². The lowest BCUT2D eigenvalue weighted by Crippen LogP contribution is -2.42. The first-order valence-electron chi connectivity index (χ1n) is 6.86. The van der Waals surface area contributed by atoms with Gasteiger partial charge in [-0.25, -0.2) is 0 Å². The Morgan fingerprint density at radius 2 is 2.05 bits per heavy atom. The molecule has 0 aromatic carbocycles. The van der Waals surface area contributed by atoms with Crippen molar-refractivity contribution in [3.8, 4) is 0 Å². The molecule has 4 heteroatoms. The molecule has 0 amide bonds. The van der Waals surface area contributed by atoms with Crippen molar-refractivity contribution in [1.29, 1.82) is 0 Å². The predicted molar refractivity (Wildman–Crippen MR) is 78.1 cm³/mol. The van der Waals surface area contributed by atoms with E-state index in [0.29, 0.717) is 19.3 Å². The molecular weight excluding hydrogens is 240 g/mol. The molecule has 0 saturated heterocycles. The number of hydrogen-bond donors (Lipinski definition) is 1. The minimum Gasteiger partial charge on any atom is -0.467 e. The fourth-order valence-corrected chi connectivity index (χ4v) is 1.49.